The van der Waals surface area contributed by atoms with Gasteiger partial charge >= 0.3 is 0 Å². The van der Waals surface area contributed by atoms with Gasteiger partial charge in [-0.1, -0.05) is 0 Å². The Balaban J connectivity index is 1.62. The minimum atomic E-state index is -2.25. The van der Waals surface area contributed by atoms with E-state index in [1.54, 1.807) is 0 Å². The molecule has 1 N–H and O–H groups in total. The molecule has 0 spiro atoms. The highest BCUT2D eigenvalue weighted by molar-refractivity contribution is 5.80. The van der Waals surface area contributed by atoms with Gasteiger partial charge in [-0.15, -0.1) is 0 Å². The van der Waals surface area contributed by atoms with Crippen molar-refractivity contribution in [3.63, 3.8) is 0 Å². The fraction of sp³-hybridized carbons (Fsp3) is 0.923. The molecule has 3 nitrogen and oxygen atoms in total. The molecule has 1 aliphatic carbocycles. The van der Waals surface area contributed by atoms with Gasteiger partial charge in [0.25, 0.3) is 0 Å². The first-order valence-corrected chi connectivity index (χ1v) is 6.98. The molecule has 1 saturated carbocycles. The summed E-state index contributed by atoms with van der Waals surface area (Å²) in [4.78, 5) is 14.4. The molecule has 2 atom stereocenters. The van der Waals surface area contributed by atoms with Crippen molar-refractivity contribution >= 4 is 5.91 Å². The summed E-state index contributed by atoms with van der Waals surface area (Å²) in [5, 5.41) is 3.36. The van der Waals surface area contributed by atoms with Gasteiger partial charge in [0, 0.05) is 37.0 Å². The van der Waals surface area contributed by atoms with Crippen LogP contribution in [0.1, 0.15) is 32.1 Å². The first-order chi connectivity index (χ1) is 8.66. The topological polar surface area (TPSA) is 32.3 Å². The Morgan fingerprint density at radius 2 is 1.78 bits per heavy atom. The highest BCUT2D eigenvalue weighted by Crippen LogP contribution is 2.40. The molecule has 1 amide bonds. The zero-order valence-electron chi connectivity index (χ0n) is 10.4. The first kappa shape index (κ1) is 12.3. The summed E-state index contributed by atoms with van der Waals surface area (Å²) < 4.78 is 24.9. The molecule has 5 heteroatoms. The molecule has 2 aliphatic heterocycles. The Morgan fingerprint density at radius 1 is 1.17 bits per heavy atom. The molecule has 0 radical (unpaired) electrons. The summed E-state index contributed by atoms with van der Waals surface area (Å²) in [6, 6.07) is 0.603. The number of piperidine rings is 1. The number of rotatable bonds is 2. The highest BCUT2D eigenvalue weighted by atomic mass is 19.3. The average molecular weight is 258 g/mol. The van der Waals surface area contributed by atoms with E-state index in [-0.39, 0.29) is 11.8 Å². The molecule has 3 fully saturated rings. The summed E-state index contributed by atoms with van der Waals surface area (Å²) in [6.07, 6.45) is 1.82. The Labute approximate surface area is 106 Å². The standard InChI is InChI=1S/C13H20F2N2O/c14-12(15)8-4-9(5-8)13(18)17-10-2-1-3-11(17)7-16-6-10/h8-12,16H,1-7H2/t8-,9-,10?,11?. The third kappa shape index (κ3) is 2.02. The fourth-order valence-corrected chi connectivity index (χ4v) is 3.62. The number of nitrogens with one attached hydrogen (secondary N) is 1. The number of fused-ring (bicyclic) bond motifs is 2. The van der Waals surface area contributed by atoms with Crippen LogP contribution >= 0.6 is 0 Å². The third-order valence-corrected chi connectivity index (χ3v) is 4.76. The van der Waals surface area contributed by atoms with E-state index in [0.29, 0.717) is 24.9 Å². The maximum atomic E-state index is 12.5. The quantitative estimate of drug-likeness (QED) is 0.816. The largest absolute Gasteiger partial charge is 0.334 e. The molecule has 3 rings (SSSR count). The molecule has 0 aromatic carbocycles. The Bertz CT molecular complexity index is 309. The number of hydrogen-bond donors (Lipinski definition) is 1. The van der Waals surface area contributed by atoms with Gasteiger partial charge in [0.05, 0.1) is 0 Å². The van der Waals surface area contributed by atoms with Gasteiger partial charge in [-0.25, -0.2) is 8.78 Å². The summed E-state index contributed by atoms with van der Waals surface area (Å²) >= 11 is 0. The number of amides is 1. The lowest BCUT2D eigenvalue weighted by Gasteiger charge is -2.49. The minimum Gasteiger partial charge on any atom is -0.334 e. The predicted octanol–water partition coefficient (Wildman–Crippen LogP) is 1.63. The van der Waals surface area contributed by atoms with E-state index in [1.807, 2.05) is 4.90 Å². The summed E-state index contributed by atoms with van der Waals surface area (Å²) in [6.45, 7) is 1.74. The van der Waals surface area contributed by atoms with Crippen LogP contribution in [-0.4, -0.2) is 42.4 Å². The van der Waals surface area contributed by atoms with Crippen LogP contribution < -0.4 is 5.32 Å². The second-order valence-electron chi connectivity index (χ2n) is 5.91. The number of alkyl halides is 2. The number of piperazine rings is 1. The van der Waals surface area contributed by atoms with Gasteiger partial charge < -0.3 is 10.2 Å². The van der Waals surface area contributed by atoms with Crippen LogP contribution in [0.5, 0.6) is 0 Å². The van der Waals surface area contributed by atoms with E-state index in [2.05, 4.69) is 5.32 Å². The molecule has 2 unspecified atom stereocenters. The van der Waals surface area contributed by atoms with Crippen LogP contribution in [0, 0.1) is 11.8 Å². The SMILES string of the molecule is O=C([C@H]1C[C@H](C(F)F)C1)N1C2CCCC1CNC2. The van der Waals surface area contributed by atoms with Crippen LogP contribution in [0.25, 0.3) is 0 Å². The molecular weight excluding hydrogens is 238 g/mol. The number of halogens is 2. The van der Waals surface area contributed by atoms with Crippen LogP contribution in [0.3, 0.4) is 0 Å². The maximum Gasteiger partial charge on any atom is 0.241 e. The Morgan fingerprint density at radius 3 is 2.33 bits per heavy atom. The molecule has 2 saturated heterocycles. The van der Waals surface area contributed by atoms with Crippen LogP contribution in [0.15, 0.2) is 0 Å². The third-order valence-electron chi connectivity index (χ3n) is 4.76. The Hall–Kier alpha value is -0.710. The van der Waals surface area contributed by atoms with Crippen molar-refractivity contribution in [3.05, 3.63) is 0 Å². The van der Waals surface area contributed by atoms with Crippen molar-refractivity contribution in [2.24, 2.45) is 11.8 Å². The molecule has 18 heavy (non-hydrogen) atoms. The van der Waals surface area contributed by atoms with Crippen LogP contribution in [0.2, 0.25) is 0 Å². The second kappa shape index (κ2) is 4.76. The molecule has 0 aromatic heterocycles. The van der Waals surface area contributed by atoms with Crippen molar-refractivity contribution in [2.75, 3.05) is 13.1 Å². The predicted molar refractivity (Wildman–Crippen MR) is 63.4 cm³/mol. The maximum absolute atomic E-state index is 12.5. The van der Waals surface area contributed by atoms with Gasteiger partial charge in [0.2, 0.25) is 12.3 Å². The lowest BCUT2D eigenvalue weighted by atomic mass is 9.73. The van der Waals surface area contributed by atoms with Crippen molar-refractivity contribution in [1.82, 2.24) is 10.2 Å². The fourth-order valence-electron chi connectivity index (χ4n) is 3.62. The van der Waals surface area contributed by atoms with Crippen molar-refractivity contribution in [1.29, 1.82) is 0 Å². The lowest BCUT2D eigenvalue weighted by molar-refractivity contribution is -0.151. The smallest absolute Gasteiger partial charge is 0.241 e. The van der Waals surface area contributed by atoms with Gasteiger partial charge in [0.15, 0.2) is 0 Å². The first-order valence-electron chi connectivity index (χ1n) is 6.98. The summed E-state index contributed by atoms with van der Waals surface area (Å²) in [7, 11) is 0. The molecular formula is C13H20F2N2O. The van der Waals surface area contributed by atoms with E-state index in [0.717, 1.165) is 25.9 Å². The number of nitrogens with zero attached hydrogens (tertiary/aromatic N) is 1. The molecule has 0 aromatic rings. The van der Waals surface area contributed by atoms with Gasteiger partial charge in [-0.2, -0.15) is 0 Å². The average Bonchev–Trinajstić information content (AvgIpc) is 2.25. The lowest BCUT2D eigenvalue weighted by Crippen LogP contribution is -2.63. The zero-order chi connectivity index (χ0) is 12.7. The van der Waals surface area contributed by atoms with Crippen molar-refractivity contribution in [2.45, 2.75) is 50.6 Å². The van der Waals surface area contributed by atoms with E-state index >= 15 is 0 Å². The number of carbonyl (C=O) groups is 1. The highest BCUT2D eigenvalue weighted by Gasteiger charge is 2.45. The van der Waals surface area contributed by atoms with E-state index in [4.69, 9.17) is 0 Å². The van der Waals surface area contributed by atoms with Gasteiger partial charge in [-0.3, -0.25) is 4.79 Å². The molecule has 102 valence electrons. The number of carbonyl (C=O) groups excluding carboxylic acids is 1. The number of hydrogen-bond acceptors (Lipinski definition) is 2. The summed E-state index contributed by atoms with van der Waals surface area (Å²) in [5.74, 6) is -0.532. The van der Waals surface area contributed by atoms with Gasteiger partial charge in [-0.05, 0) is 32.1 Å². The molecule has 3 aliphatic rings. The van der Waals surface area contributed by atoms with Gasteiger partial charge in [0.1, 0.15) is 0 Å². The van der Waals surface area contributed by atoms with E-state index in [1.165, 1.54) is 6.42 Å². The Kier molecular flexibility index (Phi) is 3.26. The molecule has 2 heterocycles. The zero-order valence-corrected chi connectivity index (χ0v) is 10.4. The van der Waals surface area contributed by atoms with Crippen LogP contribution in [0.4, 0.5) is 8.78 Å². The van der Waals surface area contributed by atoms with E-state index < -0.39 is 12.3 Å². The molecule has 2 bridgehead atoms. The van der Waals surface area contributed by atoms with Crippen molar-refractivity contribution < 1.29 is 13.6 Å². The minimum absolute atomic E-state index is 0.134. The second-order valence-corrected chi connectivity index (χ2v) is 5.91. The van der Waals surface area contributed by atoms with E-state index in [9.17, 15) is 13.6 Å². The normalized spacial score (nSPS) is 39.6. The summed E-state index contributed by atoms with van der Waals surface area (Å²) in [5.41, 5.74) is 0. The van der Waals surface area contributed by atoms with Crippen molar-refractivity contribution in [3.8, 4) is 0 Å². The monoisotopic (exact) mass is 258 g/mol. The van der Waals surface area contributed by atoms with Crippen LogP contribution in [-0.2, 0) is 4.79 Å².